The highest BCUT2D eigenvalue weighted by Crippen LogP contribution is 2.28. The van der Waals surface area contributed by atoms with Crippen LogP contribution < -0.4 is 21.1 Å². The normalized spacial score (nSPS) is 11.9. The Bertz CT molecular complexity index is 1230. The van der Waals surface area contributed by atoms with Crippen LogP contribution in [-0.4, -0.2) is 33.1 Å². The van der Waals surface area contributed by atoms with Crippen LogP contribution in [0.15, 0.2) is 47.4 Å². The van der Waals surface area contributed by atoms with Gasteiger partial charge in [0.1, 0.15) is 6.20 Å². The molecule has 0 aliphatic carbocycles. The van der Waals surface area contributed by atoms with Crippen LogP contribution >= 0.6 is 11.3 Å². The standard InChI is InChI=1S/C23H24N4O4S/c1-15-8-20(16-4-7-32-14-16)21(10-17(15)11-24-6-5-23(2,3)29)26-22(28)18-9-19(27(30)31)13-25-12-18/h4,7-14,24,29H,1,5-6H2,2-3H3,(H,26,28)/b17-11-. The molecule has 1 amide bonds. The minimum absolute atomic E-state index is 0.0861. The van der Waals surface area contributed by atoms with Gasteiger partial charge in [-0.2, -0.15) is 11.3 Å². The summed E-state index contributed by atoms with van der Waals surface area (Å²) >= 11 is 1.53. The van der Waals surface area contributed by atoms with E-state index < -0.39 is 16.4 Å². The Labute approximate surface area is 189 Å². The summed E-state index contributed by atoms with van der Waals surface area (Å²) in [6.45, 7) is 8.17. The van der Waals surface area contributed by atoms with Gasteiger partial charge in [-0.15, -0.1) is 0 Å². The first-order valence-electron chi connectivity index (χ1n) is 9.86. The van der Waals surface area contributed by atoms with Gasteiger partial charge >= 0.3 is 0 Å². The molecule has 3 rings (SSSR count). The van der Waals surface area contributed by atoms with Crippen molar-refractivity contribution in [1.29, 1.82) is 0 Å². The molecule has 0 atom stereocenters. The number of nitrogens with zero attached hydrogens (tertiary/aromatic N) is 2. The van der Waals surface area contributed by atoms with Gasteiger partial charge in [0.2, 0.25) is 0 Å². The number of carbonyl (C=O) groups is 1. The monoisotopic (exact) mass is 452 g/mol. The summed E-state index contributed by atoms with van der Waals surface area (Å²) in [4.78, 5) is 27.1. The van der Waals surface area contributed by atoms with Crippen LogP contribution in [0.4, 0.5) is 11.4 Å². The zero-order chi connectivity index (χ0) is 23.3. The van der Waals surface area contributed by atoms with Crippen LogP contribution in [-0.2, 0) is 0 Å². The van der Waals surface area contributed by atoms with Gasteiger partial charge in [-0.3, -0.25) is 19.9 Å². The van der Waals surface area contributed by atoms with Crippen molar-refractivity contribution in [3.8, 4) is 11.1 Å². The molecule has 0 saturated heterocycles. The lowest BCUT2D eigenvalue weighted by molar-refractivity contribution is -0.385. The lowest BCUT2D eigenvalue weighted by Gasteiger charge is -2.16. The molecule has 0 spiro atoms. The molecule has 1 aromatic carbocycles. The van der Waals surface area contributed by atoms with Crippen LogP contribution in [0.5, 0.6) is 0 Å². The van der Waals surface area contributed by atoms with Gasteiger partial charge in [-0.1, -0.05) is 6.58 Å². The summed E-state index contributed by atoms with van der Waals surface area (Å²) < 4.78 is 0. The number of hydrogen-bond donors (Lipinski definition) is 3. The van der Waals surface area contributed by atoms with E-state index in [2.05, 4.69) is 22.2 Å². The summed E-state index contributed by atoms with van der Waals surface area (Å²) in [5.74, 6) is -0.504. The van der Waals surface area contributed by atoms with E-state index in [0.29, 0.717) is 18.7 Å². The summed E-state index contributed by atoms with van der Waals surface area (Å²) in [5.41, 5.74) is 1.31. The minimum atomic E-state index is -0.775. The number of amides is 1. The molecule has 2 heterocycles. The third-order valence-corrected chi connectivity index (χ3v) is 5.38. The average Bonchev–Trinajstić information content (AvgIpc) is 3.27. The van der Waals surface area contributed by atoms with Crippen molar-refractivity contribution in [2.45, 2.75) is 25.9 Å². The van der Waals surface area contributed by atoms with E-state index in [1.807, 2.05) is 22.9 Å². The zero-order valence-corrected chi connectivity index (χ0v) is 18.6. The molecular weight excluding hydrogens is 428 g/mol. The number of aliphatic hydroxyl groups is 1. The molecule has 0 unspecified atom stereocenters. The fraction of sp³-hybridized carbons (Fsp3) is 0.217. The third kappa shape index (κ3) is 5.99. The molecule has 0 saturated carbocycles. The highest BCUT2D eigenvalue weighted by molar-refractivity contribution is 7.08. The maximum absolute atomic E-state index is 12.8. The summed E-state index contributed by atoms with van der Waals surface area (Å²) in [6.07, 6.45) is 4.73. The fourth-order valence-electron chi connectivity index (χ4n) is 2.96. The van der Waals surface area contributed by atoms with Crippen LogP contribution in [0.2, 0.25) is 0 Å². The Kier molecular flexibility index (Phi) is 7.01. The fourth-order valence-corrected chi connectivity index (χ4v) is 3.62. The van der Waals surface area contributed by atoms with Crippen LogP contribution in [0.1, 0.15) is 30.6 Å². The van der Waals surface area contributed by atoms with E-state index in [1.54, 1.807) is 26.1 Å². The molecule has 0 radical (unpaired) electrons. The predicted octanol–water partition coefficient (Wildman–Crippen LogP) is 2.87. The first-order chi connectivity index (χ1) is 15.1. The number of benzene rings is 1. The molecule has 2 aromatic heterocycles. The summed E-state index contributed by atoms with van der Waals surface area (Å²) in [5, 5.41) is 32.3. The third-order valence-electron chi connectivity index (χ3n) is 4.70. The number of nitrogens with one attached hydrogen (secondary N) is 2. The van der Waals surface area contributed by atoms with Crippen LogP contribution in [0.25, 0.3) is 23.9 Å². The van der Waals surface area contributed by atoms with Crippen molar-refractivity contribution >= 4 is 41.4 Å². The number of anilines is 1. The summed E-state index contributed by atoms with van der Waals surface area (Å²) in [7, 11) is 0. The second-order valence-corrected chi connectivity index (χ2v) is 8.69. The van der Waals surface area contributed by atoms with Gasteiger partial charge in [0.05, 0.1) is 16.1 Å². The van der Waals surface area contributed by atoms with Gasteiger partial charge in [0.25, 0.3) is 11.6 Å². The van der Waals surface area contributed by atoms with Crippen LogP contribution in [0, 0.1) is 10.1 Å². The molecular formula is C23H24N4O4S. The van der Waals surface area contributed by atoms with Crippen molar-refractivity contribution < 1.29 is 14.8 Å². The lowest BCUT2D eigenvalue weighted by Crippen LogP contribution is -2.30. The molecule has 0 bridgehead atoms. The van der Waals surface area contributed by atoms with Gasteiger partial charge in [-0.25, -0.2) is 0 Å². The van der Waals surface area contributed by atoms with E-state index in [9.17, 15) is 20.0 Å². The van der Waals surface area contributed by atoms with E-state index >= 15 is 0 Å². The largest absolute Gasteiger partial charge is 0.390 e. The number of nitro groups is 1. The quantitative estimate of drug-likeness (QED) is 0.275. The van der Waals surface area contributed by atoms with Crippen molar-refractivity contribution in [3.05, 3.63) is 73.5 Å². The minimum Gasteiger partial charge on any atom is -0.390 e. The second-order valence-electron chi connectivity index (χ2n) is 7.91. The topological polar surface area (TPSA) is 117 Å². The highest BCUT2D eigenvalue weighted by Gasteiger charge is 2.15. The van der Waals surface area contributed by atoms with Gasteiger partial charge < -0.3 is 15.7 Å². The number of rotatable bonds is 8. The Morgan fingerprint density at radius 2 is 2.12 bits per heavy atom. The van der Waals surface area contributed by atoms with Gasteiger partial charge in [0.15, 0.2) is 0 Å². The number of aromatic nitrogens is 1. The smallest absolute Gasteiger partial charge is 0.288 e. The van der Waals surface area contributed by atoms with Gasteiger partial charge in [0, 0.05) is 36.3 Å². The molecule has 3 N–H and O–H groups in total. The first kappa shape index (κ1) is 23.1. The molecule has 0 fully saturated rings. The number of hydrogen-bond acceptors (Lipinski definition) is 7. The highest BCUT2D eigenvalue weighted by atomic mass is 32.1. The molecule has 32 heavy (non-hydrogen) atoms. The Hall–Kier alpha value is -3.56. The molecule has 0 aliphatic rings. The molecule has 166 valence electrons. The molecule has 9 heteroatoms. The maximum Gasteiger partial charge on any atom is 0.288 e. The Morgan fingerprint density at radius 1 is 1.34 bits per heavy atom. The number of thiophene rings is 1. The molecule has 8 nitrogen and oxygen atoms in total. The predicted molar refractivity (Wildman–Crippen MR) is 127 cm³/mol. The van der Waals surface area contributed by atoms with E-state index in [-0.39, 0.29) is 11.3 Å². The van der Waals surface area contributed by atoms with Gasteiger partial charge in [-0.05, 0) is 65.2 Å². The SMILES string of the molecule is C=c1cc(-c2ccsc2)c(NC(=O)c2cncc([N+](=O)[O-])c2)c/c1=C/NCCC(C)(C)O. The average molecular weight is 453 g/mol. The van der Waals surface area contributed by atoms with Crippen molar-refractivity contribution in [1.82, 2.24) is 10.3 Å². The van der Waals surface area contributed by atoms with E-state index in [1.165, 1.54) is 23.6 Å². The Balaban J connectivity index is 1.95. The zero-order valence-electron chi connectivity index (χ0n) is 17.8. The number of pyridine rings is 1. The van der Waals surface area contributed by atoms with Crippen molar-refractivity contribution in [2.75, 3.05) is 11.9 Å². The second kappa shape index (κ2) is 9.71. The Morgan fingerprint density at radius 3 is 2.78 bits per heavy atom. The maximum atomic E-state index is 12.8. The first-order valence-corrected chi connectivity index (χ1v) is 10.8. The van der Waals surface area contributed by atoms with Crippen LogP contribution in [0.3, 0.4) is 0 Å². The lowest BCUT2D eigenvalue weighted by atomic mass is 10.0. The van der Waals surface area contributed by atoms with E-state index in [0.717, 1.165) is 27.8 Å². The van der Waals surface area contributed by atoms with E-state index in [4.69, 9.17) is 0 Å². The van der Waals surface area contributed by atoms with Crippen molar-refractivity contribution in [2.24, 2.45) is 0 Å². The van der Waals surface area contributed by atoms with Crippen molar-refractivity contribution in [3.63, 3.8) is 0 Å². The number of carbonyl (C=O) groups excluding carboxylic acids is 1. The molecule has 0 aliphatic heterocycles. The molecule has 3 aromatic rings. The summed E-state index contributed by atoms with van der Waals surface area (Å²) in [6, 6.07) is 6.81.